The summed E-state index contributed by atoms with van der Waals surface area (Å²) in [5, 5.41) is 2.46. The van der Waals surface area contributed by atoms with Crippen LogP contribution in [0.1, 0.15) is 25.0 Å². The van der Waals surface area contributed by atoms with Crippen LogP contribution in [0.3, 0.4) is 0 Å². The van der Waals surface area contributed by atoms with Crippen molar-refractivity contribution in [3.63, 3.8) is 0 Å². The first-order valence-corrected chi connectivity index (χ1v) is 20.0. The van der Waals surface area contributed by atoms with Crippen LogP contribution < -0.4 is 0 Å². The number of nitrogens with zero attached hydrogens (tertiary/aromatic N) is 3. The molecular weight excluding hydrogens is 703 g/mol. The van der Waals surface area contributed by atoms with E-state index < -0.39 is 0 Å². The molecule has 0 unspecified atom stereocenters. The summed E-state index contributed by atoms with van der Waals surface area (Å²) in [4.78, 5) is 11.5. The fourth-order valence-corrected chi connectivity index (χ4v) is 9.16. The third kappa shape index (κ3) is 5.43. The maximum atomic E-state index is 5.75. The van der Waals surface area contributed by atoms with Gasteiger partial charge in [-0.1, -0.05) is 178 Å². The standard InChI is InChI=1S/C55H39N3/c1-55(2)47-27-15-12-24-43(47)44-31-30-39(35-48(44)55)53-51(37-20-8-4-9-21-37)57-54(52(56-53)38-22-10-5-11-23-38)41-32-40(36-18-6-3-7-19-36)33-42(34-41)58-49-28-16-13-25-45(49)46-26-14-17-29-50(46)58/h3-35H,1-2H3. The fraction of sp³-hybridized carbons (Fsp3) is 0.0545. The first-order chi connectivity index (χ1) is 28.5. The van der Waals surface area contributed by atoms with Crippen LogP contribution >= 0.6 is 0 Å². The van der Waals surface area contributed by atoms with Crippen molar-refractivity contribution < 1.29 is 0 Å². The van der Waals surface area contributed by atoms with E-state index in [-0.39, 0.29) is 5.41 Å². The van der Waals surface area contributed by atoms with Crippen LogP contribution in [0.2, 0.25) is 0 Å². The Labute approximate surface area is 338 Å². The number of rotatable bonds is 6. The Kier molecular flexibility index (Phi) is 7.84. The van der Waals surface area contributed by atoms with Crippen molar-refractivity contribution in [2.75, 3.05) is 0 Å². The number of benzene rings is 8. The van der Waals surface area contributed by atoms with E-state index in [1.54, 1.807) is 0 Å². The van der Waals surface area contributed by atoms with Crippen LogP contribution in [-0.2, 0) is 5.41 Å². The quantitative estimate of drug-likeness (QED) is 0.170. The Hall–Kier alpha value is -7.36. The monoisotopic (exact) mass is 741 g/mol. The molecule has 3 heteroatoms. The Balaban J connectivity index is 1.21. The number of hydrogen-bond acceptors (Lipinski definition) is 2. The van der Waals surface area contributed by atoms with Gasteiger partial charge < -0.3 is 4.57 Å². The Morgan fingerprint density at radius 2 is 0.810 bits per heavy atom. The van der Waals surface area contributed by atoms with E-state index in [2.05, 4.69) is 219 Å². The second-order valence-corrected chi connectivity index (χ2v) is 15.8. The van der Waals surface area contributed by atoms with Gasteiger partial charge in [0.1, 0.15) is 0 Å². The van der Waals surface area contributed by atoms with Gasteiger partial charge in [-0.15, -0.1) is 0 Å². The zero-order chi connectivity index (χ0) is 38.8. The number of hydrogen-bond donors (Lipinski definition) is 0. The first-order valence-electron chi connectivity index (χ1n) is 20.0. The molecule has 2 heterocycles. The molecule has 1 aliphatic carbocycles. The molecule has 0 fully saturated rings. The van der Waals surface area contributed by atoms with Gasteiger partial charge in [0.25, 0.3) is 0 Å². The van der Waals surface area contributed by atoms with E-state index in [9.17, 15) is 0 Å². The highest BCUT2D eigenvalue weighted by Gasteiger charge is 2.35. The molecule has 11 rings (SSSR count). The average molecular weight is 742 g/mol. The number of fused-ring (bicyclic) bond motifs is 6. The summed E-state index contributed by atoms with van der Waals surface area (Å²) in [5.41, 5.74) is 18.3. The van der Waals surface area contributed by atoms with Gasteiger partial charge in [0, 0.05) is 44.1 Å². The van der Waals surface area contributed by atoms with Crippen LogP contribution in [0.4, 0.5) is 0 Å². The molecule has 274 valence electrons. The van der Waals surface area contributed by atoms with Crippen molar-refractivity contribution in [1.82, 2.24) is 14.5 Å². The Morgan fingerprint density at radius 3 is 1.43 bits per heavy atom. The molecule has 0 aliphatic heterocycles. The summed E-state index contributed by atoms with van der Waals surface area (Å²) in [6.45, 7) is 4.66. The molecule has 1 aliphatic rings. The fourth-order valence-electron chi connectivity index (χ4n) is 9.16. The summed E-state index contributed by atoms with van der Waals surface area (Å²) >= 11 is 0. The highest BCUT2D eigenvalue weighted by Crippen LogP contribution is 2.50. The van der Waals surface area contributed by atoms with Gasteiger partial charge in [-0.2, -0.15) is 0 Å². The Morgan fingerprint density at radius 1 is 0.345 bits per heavy atom. The largest absolute Gasteiger partial charge is 0.309 e. The lowest BCUT2D eigenvalue weighted by Gasteiger charge is -2.22. The van der Waals surface area contributed by atoms with Crippen LogP contribution in [0.25, 0.3) is 94.8 Å². The van der Waals surface area contributed by atoms with Crippen molar-refractivity contribution in [3.8, 4) is 73.0 Å². The lowest BCUT2D eigenvalue weighted by atomic mass is 9.81. The van der Waals surface area contributed by atoms with Gasteiger partial charge in [-0.25, -0.2) is 9.97 Å². The van der Waals surface area contributed by atoms with E-state index in [1.807, 2.05) is 0 Å². The van der Waals surface area contributed by atoms with Crippen molar-refractivity contribution in [2.24, 2.45) is 0 Å². The highest BCUT2D eigenvalue weighted by molar-refractivity contribution is 6.09. The molecule has 0 bridgehead atoms. The molecule has 3 nitrogen and oxygen atoms in total. The van der Waals surface area contributed by atoms with Gasteiger partial charge in [0.15, 0.2) is 0 Å². The predicted octanol–water partition coefficient (Wildman–Crippen LogP) is 14.2. The molecule has 58 heavy (non-hydrogen) atoms. The lowest BCUT2D eigenvalue weighted by Crippen LogP contribution is -2.15. The van der Waals surface area contributed by atoms with E-state index in [0.29, 0.717) is 0 Å². The summed E-state index contributed by atoms with van der Waals surface area (Å²) in [6.07, 6.45) is 0. The summed E-state index contributed by atoms with van der Waals surface area (Å²) in [7, 11) is 0. The average Bonchev–Trinajstić information content (AvgIpc) is 3.75. The minimum atomic E-state index is -0.147. The van der Waals surface area contributed by atoms with E-state index in [0.717, 1.165) is 72.9 Å². The zero-order valence-electron chi connectivity index (χ0n) is 32.4. The molecule has 0 amide bonds. The summed E-state index contributed by atoms with van der Waals surface area (Å²) in [5.74, 6) is 0. The molecule has 0 saturated heterocycles. The molecule has 2 aromatic heterocycles. The maximum absolute atomic E-state index is 5.75. The van der Waals surface area contributed by atoms with Gasteiger partial charge in [0.05, 0.1) is 33.8 Å². The van der Waals surface area contributed by atoms with Gasteiger partial charge in [-0.3, -0.25) is 0 Å². The first kappa shape index (κ1) is 33.9. The summed E-state index contributed by atoms with van der Waals surface area (Å²) < 4.78 is 2.40. The SMILES string of the molecule is CC1(C)c2ccccc2-c2ccc(-c3nc(-c4ccccc4)c(-c4cc(-c5ccccc5)cc(-n5c6ccccc6c6ccccc65)c4)nc3-c3ccccc3)cc21. The normalized spacial score (nSPS) is 12.8. The van der Waals surface area contributed by atoms with Crippen molar-refractivity contribution in [1.29, 1.82) is 0 Å². The molecule has 10 aromatic rings. The second kappa shape index (κ2) is 13.4. The molecule has 0 saturated carbocycles. The van der Waals surface area contributed by atoms with Gasteiger partial charge in [-0.05, 0) is 69.8 Å². The number of para-hydroxylation sites is 2. The molecule has 8 aromatic carbocycles. The second-order valence-electron chi connectivity index (χ2n) is 15.8. The third-order valence-electron chi connectivity index (χ3n) is 12.0. The van der Waals surface area contributed by atoms with Crippen LogP contribution in [0, 0.1) is 0 Å². The predicted molar refractivity (Wildman–Crippen MR) is 241 cm³/mol. The Bertz CT molecular complexity index is 3120. The van der Waals surface area contributed by atoms with E-state index >= 15 is 0 Å². The van der Waals surface area contributed by atoms with Crippen molar-refractivity contribution in [2.45, 2.75) is 19.3 Å². The van der Waals surface area contributed by atoms with Gasteiger partial charge in [0.2, 0.25) is 0 Å². The van der Waals surface area contributed by atoms with Gasteiger partial charge >= 0.3 is 0 Å². The van der Waals surface area contributed by atoms with Crippen LogP contribution in [0.15, 0.2) is 200 Å². The zero-order valence-corrected chi connectivity index (χ0v) is 32.4. The molecule has 0 radical (unpaired) electrons. The maximum Gasteiger partial charge on any atom is 0.0974 e. The summed E-state index contributed by atoms with van der Waals surface area (Å²) in [6, 6.07) is 71.7. The lowest BCUT2D eigenvalue weighted by molar-refractivity contribution is 0.660. The number of aromatic nitrogens is 3. The van der Waals surface area contributed by atoms with Crippen LogP contribution in [0.5, 0.6) is 0 Å². The topological polar surface area (TPSA) is 30.7 Å². The highest BCUT2D eigenvalue weighted by atomic mass is 15.0. The molecule has 0 N–H and O–H groups in total. The molecule has 0 atom stereocenters. The van der Waals surface area contributed by atoms with Crippen LogP contribution in [-0.4, -0.2) is 14.5 Å². The molecule has 0 spiro atoms. The van der Waals surface area contributed by atoms with Crippen molar-refractivity contribution >= 4 is 21.8 Å². The molecular formula is C55H39N3. The van der Waals surface area contributed by atoms with E-state index in [1.165, 1.54) is 33.0 Å². The minimum absolute atomic E-state index is 0.147. The smallest absolute Gasteiger partial charge is 0.0974 e. The third-order valence-corrected chi connectivity index (χ3v) is 12.0. The minimum Gasteiger partial charge on any atom is -0.309 e. The van der Waals surface area contributed by atoms with Crippen molar-refractivity contribution in [3.05, 3.63) is 211 Å². The van der Waals surface area contributed by atoms with E-state index in [4.69, 9.17) is 9.97 Å².